The standard InChI is InChI=1S/C10H19N2O2/c1-6(2)8(5-13)12-10(14)9(11)7(3)4/h6-9H,11H2,1-4H3,(H,12,14)/t8-,9-/m1/s1. The van der Waals surface area contributed by atoms with Crippen LogP contribution in [-0.2, 0) is 9.59 Å². The van der Waals surface area contributed by atoms with E-state index in [0.717, 1.165) is 0 Å². The molecule has 0 aliphatic rings. The van der Waals surface area contributed by atoms with E-state index in [0.29, 0.717) is 0 Å². The Labute approximate surface area is 85.2 Å². The molecule has 4 heteroatoms. The predicted octanol–water partition coefficient (Wildman–Crippen LogP) is 0.220. The molecule has 0 heterocycles. The summed E-state index contributed by atoms with van der Waals surface area (Å²) in [6, 6.07) is -1.13. The lowest BCUT2D eigenvalue weighted by atomic mass is 10.0. The summed E-state index contributed by atoms with van der Waals surface area (Å²) in [5.41, 5.74) is 5.62. The first kappa shape index (κ1) is 13.1. The highest BCUT2D eigenvalue weighted by atomic mass is 16.2. The van der Waals surface area contributed by atoms with E-state index in [9.17, 15) is 9.59 Å². The molecular formula is C10H19N2O2. The molecule has 0 spiro atoms. The van der Waals surface area contributed by atoms with E-state index in [1.54, 1.807) is 6.29 Å². The highest BCUT2D eigenvalue weighted by Crippen LogP contribution is 2.02. The van der Waals surface area contributed by atoms with Gasteiger partial charge in [-0.25, -0.2) is 0 Å². The summed E-state index contributed by atoms with van der Waals surface area (Å²) in [6.45, 7) is 7.41. The lowest BCUT2D eigenvalue weighted by Crippen LogP contribution is -2.49. The Hall–Kier alpha value is -0.900. The van der Waals surface area contributed by atoms with Crippen LogP contribution in [0.15, 0.2) is 0 Å². The number of nitrogens with one attached hydrogen (secondary N) is 1. The number of hydrogen-bond donors (Lipinski definition) is 2. The Kier molecular flexibility index (Phi) is 5.38. The molecule has 0 unspecified atom stereocenters. The van der Waals surface area contributed by atoms with Crippen molar-refractivity contribution in [3.63, 3.8) is 0 Å². The van der Waals surface area contributed by atoms with E-state index in [-0.39, 0.29) is 17.7 Å². The largest absolute Gasteiger partial charge is 0.344 e. The first-order chi connectivity index (χ1) is 6.40. The molecule has 4 nitrogen and oxygen atoms in total. The topological polar surface area (TPSA) is 72.2 Å². The van der Waals surface area contributed by atoms with E-state index in [2.05, 4.69) is 5.32 Å². The quantitative estimate of drug-likeness (QED) is 0.665. The molecule has 0 fully saturated rings. The molecular weight excluding hydrogens is 180 g/mol. The number of carbonyl (C=O) groups excluding carboxylic acids is 2. The minimum Gasteiger partial charge on any atom is -0.344 e. The van der Waals surface area contributed by atoms with Crippen LogP contribution in [0.25, 0.3) is 0 Å². The van der Waals surface area contributed by atoms with Crippen molar-refractivity contribution in [3.8, 4) is 0 Å². The molecule has 0 aromatic heterocycles. The van der Waals surface area contributed by atoms with Gasteiger partial charge in [0.15, 0.2) is 0 Å². The third-order valence-electron chi connectivity index (χ3n) is 2.11. The van der Waals surface area contributed by atoms with Crippen molar-refractivity contribution in [1.82, 2.24) is 5.32 Å². The molecule has 3 N–H and O–H groups in total. The van der Waals surface area contributed by atoms with Crippen LogP contribution in [-0.4, -0.2) is 24.3 Å². The fourth-order valence-electron chi connectivity index (χ4n) is 0.884. The second-order valence-electron chi connectivity index (χ2n) is 4.12. The Balaban J connectivity index is 4.22. The van der Waals surface area contributed by atoms with Crippen LogP contribution in [0.4, 0.5) is 0 Å². The van der Waals surface area contributed by atoms with Gasteiger partial charge in [-0.05, 0) is 11.8 Å². The normalized spacial score (nSPS) is 15.4. The maximum absolute atomic E-state index is 11.4. The van der Waals surface area contributed by atoms with Crippen LogP contribution in [0.2, 0.25) is 0 Å². The summed E-state index contributed by atoms with van der Waals surface area (Å²) in [4.78, 5) is 21.9. The number of nitrogens with two attached hydrogens (primary N) is 1. The van der Waals surface area contributed by atoms with Crippen LogP contribution in [0.5, 0.6) is 0 Å². The molecule has 0 saturated heterocycles. The number of amides is 1. The van der Waals surface area contributed by atoms with Gasteiger partial charge >= 0.3 is 0 Å². The average Bonchev–Trinajstić information content (AvgIpc) is 2.11. The fourth-order valence-corrected chi connectivity index (χ4v) is 0.884. The third-order valence-corrected chi connectivity index (χ3v) is 2.11. The van der Waals surface area contributed by atoms with Gasteiger partial charge in [-0.3, -0.25) is 9.59 Å². The van der Waals surface area contributed by atoms with Crippen molar-refractivity contribution in [2.24, 2.45) is 17.6 Å². The molecule has 0 aromatic carbocycles. The molecule has 0 rings (SSSR count). The number of carbonyl (C=O) groups is 1. The summed E-state index contributed by atoms with van der Waals surface area (Å²) in [5.74, 6) is -0.188. The summed E-state index contributed by atoms with van der Waals surface area (Å²) in [6.07, 6.45) is 1.79. The zero-order chi connectivity index (χ0) is 11.3. The predicted molar refractivity (Wildman–Crippen MR) is 55.3 cm³/mol. The summed E-state index contributed by atoms with van der Waals surface area (Å²) < 4.78 is 0. The smallest absolute Gasteiger partial charge is 0.237 e. The summed E-state index contributed by atoms with van der Waals surface area (Å²) in [7, 11) is 0. The van der Waals surface area contributed by atoms with Crippen LogP contribution >= 0.6 is 0 Å². The average molecular weight is 199 g/mol. The van der Waals surface area contributed by atoms with Crippen molar-refractivity contribution in [3.05, 3.63) is 0 Å². The first-order valence-electron chi connectivity index (χ1n) is 4.83. The fraction of sp³-hybridized carbons (Fsp3) is 0.800. The highest BCUT2D eigenvalue weighted by Gasteiger charge is 2.22. The van der Waals surface area contributed by atoms with Gasteiger partial charge in [0.05, 0.1) is 12.1 Å². The lowest BCUT2D eigenvalue weighted by Gasteiger charge is -2.20. The van der Waals surface area contributed by atoms with Crippen molar-refractivity contribution >= 4 is 12.2 Å². The Morgan fingerprint density at radius 1 is 1.21 bits per heavy atom. The van der Waals surface area contributed by atoms with Gasteiger partial charge in [-0.15, -0.1) is 0 Å². The molecule has 0 aliphatic carbocycles. The van der Waals surface area contributed by atoms with Gasteiger partial charge in [0.2, 0.25) is 12.2 Å². The molecule has 14 heavy (non-hydrogen) atoms. The molecule has 0 saturated carbocycles. The molecule has 81 valence electrons. The molecule has 0 bridgehead atoms. The van der Waals surface area contributed by atoms with Gasteiger partial charge in [0.1, 0.15) is 0 Å². The molecule has 0 aliphatic heterocycles. The van der Waals surface area contributed by atoms with Crippen molar-refractivity contribution < 1.29 is 9.59 Å². The minimum atomic E-state index is -0.565. The third kappa shape index (κ3) is 3.87. The van der Waals surface area contributed by atoms with E-state index in [4.69, 9.17) is 5.73 Å². The maximum Gasteiger partial charge on any atom is 0.237 e. The van der Waals surface area contributed by atoms with E-state index >= 15 is 0 Å². The Bertz CT molecular complexity index is 202. The molecule has 0 aromatic rings. The Morgan fingerprint density at radius 3 is 2.00 bits per heavy atom. The zero-order valence-electron chi connectivity index (χ0n) is 9.20. The monoisotopic (exact) mass is 199 g/mol. The molecule has 1 amide bonds. The van der Waals surface area contributed by atoms with Gasteiger partial charge in [0, 0.05) is 0 Å². The van der Waals surface area contributed by atoms with Crippen LogP contribution < -0.4 is 11.1 Å². The molecule has 2 atom stereocenters. The van der Waals surface area contributed by atoms with E-state index in [1.807, 2.05) is 27.7 Å². The van der Waals surface area contributed by atoms with Crippen LogP contribution in [0, 0.1) is 11.8 Å². The van der Waals surface area contributed by atoms with Crippen molar-refractivity contribution in [1.29, 1.82) is 0 Å². The molecule has 1 radical (unpaired) electrons. The minimum absolute atomic E-state index is 0.0378. The number of hydrogen-bond acceptors (Lipinski definition) is 3. The highest BCUT2D eigenvalue weighted by molar-refractivity contribution is 5.84. The second kappa shape index (κ2) is 5.75. The number of rotatable bonds is 5. The van der Waals surface area contributed by atoms with Crippen LogP contribution in [0.3, 0.4) is 0 Å². The SMILES string of the molecule is CC(C)[C@@H]([C]=O)NC(=O)[C@H](N)C(C)C. The maximum atomic E-state index is 11.4. The summed E-state index contributed by atoms with van der Waals surface area (Å²) in [5, 5.41) is 2.56. The second-order valence-corrected chi connectivity index (χ2v) is 4.12. The lowest BCUT2D eigenvalue weighted by molar-refractivity contribution is -0.123. The zero-order valence-corrected chi connectivity index (χ0v) is 9.20. The van der Waals surface area contributed by atoms with Gasteiger partial charge in [-0.2, -0.15) is 0 Å². The Morgan fingerprint density at radius 2 is 1.71 bits per heavy atom. The van der Waals surface area contributed by atoms with E-state index in [1.165, 1.54) is 0 Å². The van der Waals surface area contributed by atoms with Gasteiger partial charge in [-0.1, -0.05) is 27.7 Å². The van der Waals surface area contributed by atoms with Crippen LogP contribution in [0.1, 0.15) is 27.7 Å². The summed E-state index contributed by atoms with van der Waals surface area (Å²) >= 11 is 0. The van der Waals surface area contributed by atoms with Crippen molar-refractivity contribution in [2.45, 2.75) is 39.8 Å². The van der Waals surface area contributed by atoms with E-state index < -0.39 is 12.1 Å². The van der Waals surface area contributed by atoms with Gasteiger partial charge < -0.3 is 11.1 Å². The van der Waals surface area contributed by atoms with Crippen molar-refractivity contribution in [2.75, 3.05) is 0 Å². The van der Waals surface area contributed by atoms with Gasteiger partial charge in [0.25, 0.3) is 0 Å². The first-order valence-corrected chi connectivity index (χ1v) is 4.83.